The van der Waals surface area contributed by atoms with E-state index in [4.69, 9.17) is 21.1 Å². The highest BCUT2D eigenvalue weighted by Gasteiger charge is 2.40. The fourth-order valence-corrected chi connectivity index (χ4v) is 4.32. The smallest absolute Gasteiger partial charge is 0.289 e. The van der Waals surface area contributed by atoms with Gasteiger partial charge >= 0.3 is 0 Å². The summed E-state index contributed by atoms with van der Waals surface area (Å²) in [5, 5.41) is 11.5. The molecule has 0 fully saturated rings. The summed E-state index contributed by atoms with van der Waals surface area (Å²) in [6.07, 6.45) is 0.588. The minimum absolute atomic E-state index is 0.217. The van der Waals surface area contributed by atoms with E-state index in [-0.39, 0.29) is 11.7 Å². The van der Waals surface area contributed by atoms with Gasteiger partial charge in [0, 0.05) is 17.1 Å². The summed E-state index contributed by atoms with van der Waals surface area (Å²) < 4.78 is 10.7. The molecule has 170 valence electrons. The highest BCUT2D eigenvalue weighted by atomic mass is 35.5. The summed E-state index contributed by atoms with van der Waals surface area (Å²) in [5.41, 5.74) is 4.42. The molecular formula is C27H26ClNO4. The van der Waals surface area contributed by atoms with Crippen LogP contribution >= 0.6 is 11.6 Å². The van der Waals surface area contributed by atoms with Crippen LogP contribution in [0.3, 0.4) is 0 Å². The van der Waals surface area contributed by atoms with Crippen molar-refractivity contribution >= 4 is 23.1 Å². The lowest BCUT2D eigenvalue weighted by Crippen LogP contribution is -2.32. The molecule has 1 atom stereocenters. The van der Waals surface area contributed by atoms with Gasteiger partial charge in [-0.15, -0.1) is 0 Å². The van der Waals surface area contributed by atoms with Crippen molar-refractivity contribution in [2.24, 2.45) is 0 Å². The fraction of sp³-hybridized carbons (Fsp3) is 0.222. The lowest BCUT2D eigenvalue weighted by atomic mass is 9.93. The molecule has 1 aliphatic heterocycles. The molecule has 0 bridgehead atoms. The first-order valence-corrected chi connectivity index (χ1v) is 11.1. The predicted molar refractivity (Wildman–Crippen MR) is 130 cm³/mol. The van der Waals surface area contributed by atoms with E-state index in [9.17, 15) is 9.90 Å². The maximum atomic E-state index is 13.2. The number of hydrogen-bond acceptors (Lipinski definition) is 4. The molecule has 33 heavy (non-hydrogen) atoms. The van der Waals surface area contributed by atoms with Gasteiger partial charge in [0.05, 0.1) is 20.3 Å². The zero-order valence-electron chi connectivity index (χ0n) is 18.8. The van der Waals surface area contributed by atoms with Crippen LogP contribution in [0, 0.1) is 6.92 Å². The molecule has 1 N–H and O–H groups in total. The molecule has 6 heteroatoms. The summed E-state index contributed by atoms with van der Waals surface area (Å²) in [4.78, 5) is 14.9. The van der Waals surface area contributed by atoms with Gasteiger partial charge in [-0.2, -0.15) is 0 Å². The molecule has 1 amide bonds. The summed E-state index contributed by atoms with van der Waals surface area (Å²) in [6.45, 7) is 2.42. The number of halogens is 1. The molecule has 0 saturated carbocycles. The number of amides is 1. The molecule has 0 aromatic heterocycles. The van der Waals surface area contributed by atoms with Crippen molar-refractivity contribution in [3.05, 3.63) is 99.8 Å². The van der Waals surface area contributed by atoms with E-state index >= 15 is 0 Å². The van der Waals surface area contributed by atoms with Crippen molar-refractivity contribution in [1.82, 2.24) is 4.90 Å². The molecule has 0 saturated heterocycles. The zero-order chi connectivity index (χ0) is 23.5. The maximum Gasteiger partial charge on any atom is 0.289 e. The highest BCUT2D eigenvalue weighted by Crippen LogP contribution is 2.43. The third kappa shape index (κ3) is 4.55. The van der Waals surface area contributed by atoms with Crippen LogP contribution in [0.2, 0.25) is 5.02 Å². The molecule has 0 radical (unpaired) electrons. The Balaban J connectivity index is 1.68. The number of ether oxygens (including phenoxy) is 2. The Labute approximate surface area is 198 Å². The van der Waals surface area contributed by atoms with Gasteiger partial charge in [-0.25, -0.2) is 0 Å². The molecule has 3 aromatic rings. The van der Waals surface area contributed by atoms with Crippen LogP contribution in [0.25, 0.3) is 5.57 Å². The first-order valence-electron chi connectivity index (χ1n) is 10.7. The fourth-order valence-electron chi connectivity index (χ4n) is 4.19. The van der Waals surface area contributed by atoms with E-state index in [1.807, 2.05) is 61.5 Å². The van der Waals surface area contributed by atoms with Gasteiger partial charge in [-0.1, -0.05) is 59.6 Å². The van der Waals surface area contributed by atoms with Crippen molar-refractivity contribution in [2.45, 2.75) is 19.4 Å². The normalized spacial score (nSPS) is 15.8. The Morgan fingerprint density at radius 1 is 0.939 bits per heavy atom. The van der Waals surface area contributed by atoms with Crippen molar-refractivity contribution in [3.8, 4) is 11.5 Å². The van der Waals surface area contributed by atoms with Crippen molar-refractivity contribution in [1.29, 1.82) is 0 Å². The molecule has 1 heterocycles. The first-order chi connectivity index (χ1) is 15.9. The molecule has 3 aromatic carbocycles. The highest BCUT2D eigenvalue weighted by molar-refractivity contribution is 6.30. The molecule has 5 nitrogen and oxygen atoms in total. The van der Waals surface area contributed by atoms with Crippen molar-refractivity contribution in [2.75, 3.05) is 20.8 Å². The van der Waals surface area contributed by atoms with Crippen LogP contribution in [-0.4, -0.2) is 36.7 Å². The van der Waals surface area contributed by atoms with E-state index in [1.54, 1.807) is 31.3 Å². The maximum absolute atomic E-state index is 13.2. The summed E-state index contributed by atoms with van der Waals surface area (Å²) in [6, 6.07) is 20.5. The topological polar surface area (TPSA) is 59.0 Å². The van der Waals surface area contributed by atoms with E-state index < -0.39 is 6.04 Å². The minimum Gasteiger partial charge on any atom is -0.503 e. The lowest BCUT2D eigenvalue weighted by Gasteiger charge is -2.27. The number of nitrogens with zero attached hydrogens (tertiary/aromatic N) is 1. The first kappa shape index (κ1) is 22.7. The Morgan fingerprint density at radius 2 is 1.61 bits per heavy atom. The number of methoxy groups -OCH3 is 2. The molecule has 4 rings (SSSR count). The third-order valence-corrected chi connectivity index (χ3v) is 6.19. The van der Waals surface area contributed by atoms with Gasteiger partial charge in [0.1, 0.15) is 0 Å². The monoisotopic (exact) mass is 463 g/mol. The Bertz CT molecular complexity index is 1190. The number of benzene rings is 3. The van der Waals surface area contributed by atoms with Crippen LogP contribution in [0.5, 0.6) is 11.5 Å². The molecule has 1 aliphatic rings. The van der Waals surface area contributed by atoms with Crippen LogP contribution in [-0.2, 0) is 11.2 Å². The van der Waals surface area contributed by atoms with E-state index in [2.05, 4.69) is 0 Å². The predicted octanol–water partition coefficient (Wildman–Crippen LogP) is 5.76. The van der Waals surface area contributed by atoms with Crippen LogP contribution < -0.4 is 9.47 Å². The largest absolute Gasteiger partial charge is 0.503 e. The van der Waals surface area contributed by atoms with E-state index in [0.717, 1.165) is 22.3 Å². The summed E-state index contributed by atoms with van der Waals surface area (Å²) in [7, 11) is 3.19. The lowest BCUT2D eigenvalue weighted by molar-refractivity contribution is -0.129. The van der Waals surface area contributed by atoms with Gasteiger partial charge in [0.2, 0.25) is 0 Å². The second-order valence-electron chi connectivity index (χ2n) is 8.02. The quantitative estimate of drug-likeness (QED) is 0.484. The van der Waals surface area contributed by atoms with Gasteiger partial charge in [-0.3, -0.25) is 4.79 Å². The second-order valence-corrected chi connectivity index (χ2v) is 8.46. The van der Waals surface area contributed by atoms with E-state index in [1.165, 1.54) is 0 Å². The number of aryl methyl sites for hydroxylation is 1. The number of carbonyl (C=O) groups is 1. The van der Waals surface area contributed by atoms with Crippen LogP contribution in [0.4, 0.5) is 0 Å². The molecule has 0 spiro atoms. The van der Waals surface area contributed by atoms with Crippen molar-refractivity contribution < 1.29 is 19.4 Å². The standard InChI is InChI=1S/C27H26ClNO4/c1-17-4-7-19(8-5-17)24-25(20-9-11-21(28)12-10-20)29(27(31)26(24)30)15-14-18-6-13-22(32-2)23(16-18)33-3/h4-13,16,25,30H,14-15H2,1-3H3. The number of hydrogen-bond donors (Lipinski definition) is 1. The number of aliphatic hydroxyl groups is 1. The number of carbonyl (C=O) groups excluding carboxylic acids is 1. The van der Waals surface area contributed by atoms with Gasteiger partial charge in [0.15, 0.2) is 17.3 Å². The van der Waals surface area contributed by atoms with Gasteiger partial charge < -0.3 is 19.5 Å². The molecule has 1 unspecified atom stereocenters. The third-order valence-electron chi connectivity index (χ3n) is 5.94. The zero-order valence-corrected chi connectivity index (χ0v) is 19.6. The van der Waals surface area contributed by atoms with E-state index in [0.29, 0.717) is 35.1 Å². The van der Waals surface area contributed by atoms with Crippen LogP contribution in [0.1, 0.15) is 28.3 Å². The van der Waals surface area contributed by atoms with Crippen molar-refractivity contribution in [3.63, 3.8) is 0 Å². The average Bonchev–Trinajstić information content (AvgIpc) is 3.08. The molecule has 0 aliphatic carbocycles. The van der Waals surface area contributed by atoms with Gasteiger partial charge in [0.25, 0.3) is 5.91 Å². The number of aliphatic hydroxyl groups excluding tert-OH is 1. The second kappa shape index (κ2) is 9.59. The SMILES string of the molecule is COc1ccc(CCN2C(=O)C(O)=C(c3ccc(C)cc3)C2c2ccc(Cl)cc2)cc1OC. The Kier molecular flexibility index (Phi) is 6.61. The summed E-state index contributed by atoms with van der Waals surface area (Å²) >= 11 is 6.11. The van der Waals surface area contributed by atoms with Gasteiger partial charge in [-0.05, 0) is 54.3 Å². The average molecular weight is 464 g/mol. The minimum atomic E-state index is -0.419. The Morgan fingerprint density at radius 3 is 2.24 bits per heavy atom. The van der Waals surface area contributed by atoms with Crippen LogP contribution in [0.15, 0.2) is 72.5 Å². The summed E-state index contributed by atoms with van der Waals surface area (Å²) in [5.74, 6) is 0.689. The molecular weight excluding hydrogens is 438 g/mol. The Hall–Kier alpha value is -3.44. The number of rotatable bonds is 7.